The molecule has 0 spiro atoms. The summed E-state index contributed by atoms with van der Waals surface area (Å²) in [6.07, 6.45) is 0. The third-order valence-corrected chi connectivity index (χ3v) is 4.47. The summed E-state index contributed by atoms with van der Waals surface area (Å²) in [6, 6.07) is 15.6. The largest absolute Gasteiger partial charge is 0.322 e. The van der Waals surface area contributed by atoms with Crippen LogP contribution in [0, 0.1) is 0 Å². The standard InChI is InChI=1S/C19H20N4O3S/c1-12(2)18-11-16(15-8-3-4-9-17(15)22-18)19(24)21-13-6-5-7-14(10-13)23-27(20,25)26/h3-12,23H,1-2H3,(H,21,24)(H2,20,25,26). The highest BCUT2D eigenvalue weighted by Crippen LogP contribution is 2.24. The maximum Gasteiger partial charge on any atom is 0.296 e. The molecule has 0 saturated heterocycles. The van der Waals surface area contributed by atoms with Crippen molar-refractivity contribution in [2.24, 2.45) is 5.14 Å². The van der Waals surface area contributed by atoms with Gasteiger partial charge in [0.25, 0.3) is 16.1 Å². The minimum absolute atomic E-state index is 0.170. The molecule has 0 aliphatic heterocycles. The summed E-state index contributed by atoms with van der Waals surface area (Å²) in [5, 5.41) is 8.53. The molecule has 4 N–H and O–H groups in total. The highest BCUT2D eigenvalue weighted by Gasteiger charge is 2.15. The van der Waals surface area contributed by atoms with E-state index in [0.29, 0.717) is 11.3 Å². The van der Waals surface area contributed by atoms with Crippen molar-refractivity contribution in [3.8, 4) is 0 Å². The second-order valence-corrected chi connectivity index (χ2v) is 7.74. The van der Waals surface area contributed by atoms with E-state index in [1.807, 2.05) is 38.1 Å². The number of benzene rings is 2. The number of hydrogen-bond donors (Lipinski definition) is 3. The van der Waals surface area contributed by atoms with Crippen LogP contribution in [0.15, 0.2) is 54.6 Å². The number of nitrogens with two attached hydrogens (primary N) is 1. The molecule has 140 valence electrons. The van der Waals surface area contributed by atoms with Gasteiger partial charge in [-0.15, -0.1) is 0 Å². The molecule has 3 rings (SSSR count). The van der Waals surface area contributed by atoms with E-state index in [0.717, 1.165) is 16.6 Å². The Bertz CT molecular complexity index is 1110. The third kappa shape index (κ3) is 4.60. The van der Waals surface area contributed by atoms with E-state index in [4.69, 9.17) is 5.14 Å². The summed E-state index contributed by atoms with van der Waals surface area (Å²) in [4.78, 5) is 17.5. The summed E-state index contributed by atoms with van der Waals surface area (Å²) in [5.74, 6) is -0.133. The van der Waals surface area contributed by atoms with E-state index in [9.17, 15) is 13.2 Å². The van der Waals surface area contributed by atoms with Crippen molar-refractivity contribution in [2.75, 3.05) is 10.0 Å². The van der Waals surface area contributed by atoms with Gasteiger partial charge in [-0.25, -0.2) is 5.14 Å². The third-order valence-electron chi connectivity index (χ3n) is 3.95. The van der Waals surface area contributed by atoms with Crippen molar-refractivity contribution in [3.63, 3.8) is 0 Å². The Kier molecular flexibility index (Phi) is 5.11. The second kappa shape index (κ2) is 7.34. The Morgan fingerprint density at radius 2 is 1.74 bits per heavy atom. The molecular formula is C19H20N4O3S. The molecule has 0 saturated carbocycles. The lowest BCUT2D eigenvalue weighted by Crippen LogP contribution is -2.21. The van der Waals surface area contributed by atoms with Crippen LogP contribution in [-0.2, 0) is 10.2 Å². The Balaban J connectivity index is 1.96. The summed E-state index contributed by atoms with van der Waals surface area (Å²) in [6.45, 7) is 4.03. The smallest absolute Gasteiger partial charge is 0.296 e. The van der Waals surface area contributed by atoms with Crippen LogP contribution in [0.5, 0.6) is 0 Å². The fourth-order valence-electron chi connectivity index (χ4n) is 2.70. The number of carbonyl (C=O) groups is 1. The molecule has 3 aromatic rings. The molecule has 0 unspecified atom stereocenters. The van der Waals surface area contributed by atoms with E-state index in [1.165, 1.54) is 6.07 Å². The Hall–Kier alpha value is -2.97. The van der Waals surface area contributed by atoms with Crippen LogP contribution in [0.4, 0.5) is 11.4 Å². The number of rotatable bonds is 5. The first kappa shape index (κ1) is 18.8. The molecule has 0 radical (unpaired) electrons. The lowest BCUT2D eigenvalue weighted by atomic mass is 10.0. The number of carbonyl (C=O) groups excluding carboxylic acids is 1. The molecule has 0 aliphatic carbocycles. The van der Waals surface area contributed by atoms with Gasteiger partial charge in [-0.3, -0.25) is 14.5 Å². The molecule has 1 amide bonds. The first-order valence-corrected chi connectivity index (χ1v) is 9.89. The van der Waals surface area contributed by atoms with Crippen LogP contribution < -0.4 is 15.2 Å². The van der Waals surface area contributed by atoms with Crippen LogP contribution in [0.25, 0.3) is 10.9 Å². The summed E-state index contributed by atoms with van der Waals surface area (Å²) >= 11 is 0. The fourth-order valence-corrected chi connectivity index (χ4v) is 3.16. The fraction of sp³-hybridized carbons (Fsp3) is 0.158. The van der Waals surface area contributed by atoms with E-state index in [2.05, 4.69) is 15.0 Å². The molecule has 2 aromatic carbocycles. The number of amides is 1. The Labute approximate surface area is 157 Å². The molecule has 1 aromatic heterocycles. The van der Waals surface area contributed by atoms with Crippen LogP contribution in [0.1, 0.15) is 35.8 Å². The number of anilines is 2. The zero-order valence-electron chi connectivity index (χ0n) is 14.9. The van der Waals surface area contributed by atoms with Gasteiger partial charge in [0.2, 0.25) is 0 Å². The normalized spacial score (nSPS) is 11.6. The van der Waals surface area contributed by atoms with Crippen LogP contribution in [0.2, 0.25) is 0 Å². The highest BCUT2D eigenvalue weighted by molar-refractivity contribution is 7.90. The van der Waals surface area contributed by atoms with Gasteiger partial charge >= 0.3 is 0 Å². The molecule has 0 aliphatic rings. The van der Waals surface area contributed by atoms with Gasteiger partial charge in [0.1, 0.15) is 0 Å². The average Bonchev–Trinajstić information content (AvgIpc) is 2.59. The van der Waals surface area contributed by atoms with Crippen LogP contribution >= 0.6 is 0 Å². The molecular weight excluding hydrogens is 364 g/mol. The van der Waals surface area contributed by atoms with Crippen LogP contribution in [0.3, 0.4) is 0 Å². The molecule has 1 heterocycles. The van der Waals surface area contributed by atoms with Gasteiger partial charge < -0.3 is 5.32 Å². The van der Waals surface area contributed by atoms with Crippen molar-refractivity contribution in [2.45, 2.75) is 19.8 Å². The maximum atomic E-state index is 12.9. The predicted molar refractivity (Wildman–Crippen MR) is 107 cm³/mol. The molecule has 0 bridgehead atoms. The first-order valence-electron chi connectivity index (χ1n) is 8.34. The zero-order valence-corrected chi connectivity index (χ0v) is 15.7. The van der Waals surface area contributed by atoms with E-state index in [-0.39, 0.29) is 17.5 Å². The maximum absolute atomic E-state index is 12.9. The Morgan fingerprint density at radius 3 is 2.44 bits per heavy atom. The number of nitrogens with one attached hydrogen (secondary N) is 2. The van der Waals surface area contributed by atoms with Gasteiger partial charge in [-0.1, -0.05) is 38.1 Å². The highest BCUT2D eigenvalue weighted by atomic mass is 32.2. The SMILES string of the molecule is CC(C)c1cc(C(=O)Nc2cccc(NS(N)(=O)=O)c2)c2ccccc2n1. The molecule has 7 nitrogen and oxygen atoms in total. The molecule has 8 heteroatoms. The number of aromatic nitrogens is 1. The van der Waals surface area contributed by atoms with Gasteiger partial charge in [0, 0.05) is 16.8 Å². The van der Waals surface area contributed by atoms with E-state index >= 15 is 0 Å². The number of para-hydroxylation sites is 1. The monoisotopic (exact) mass is 384 g/mol. The number of pyridine rings is 1. The van der Waals surface area contributed by atoms with Gasteiger partial charge in [0.15, 0.2) is 0 Å². The minimum atomic E-state index is -3.89. The van der Waals surface area contributed by atoms with Crippen molar-refractivity contribution >= 4 is 38.4 Å². The Morgan fingerprint density at radius 1 is 1.04 bits per heavy atom. The summed E-state index contributed by atoms with van der Waals surface area (Å²) in [7, 11) is -3.89. The van der Waals surface area contributed by atoms with Crippen molar-refractivity contribution < 1.29 is 13.2 Å². The summed E-state index contributed by atoms with van der Waals surface area (Å²) < 4.78 is 24.5. The molecule has 0 atom stereocenters. The topological polar surface area (TPSA) is 114 Å². The van der Waals surface area contributed by atoms with Crippen molar-refractivity contribution in [3.05, 3.63) is 65.9 Å². The molecule has 27 heavy (non-hydrogen) atoms. The van der Waals surface area contributed by atoms with Crippen LogP contribution in [-0.4, -0.2) is 19.3 Å². The quantitative estimate of drug-likeness (QED) is 0.626. The van der Waals surface area contributed by atoms with Crippen molar-refractivity contribution in [1.82, 2.24) is 4.98 Å². The number of hydrogen-bond acceptors (Lipinski definition) is 4. The molecule has 0 fully saturated rings. The zero-order chi connectivity index (χ0) is 19.6. The second-order valence-electron chi connectivity index (χ2n) is 6.45. The van der Waals surface area contributed by atoms with Gasteiger partial charge in [-0.05, 0) is 36.2 Å². The van der Waals surface area contributed by atoms with E-state index < -0.39 is 10.2 Å². The lowest BCUT2D eigenvalue weighted by Gasteiger charge is -2.13. The summed E-state index contributed by atoms with van der Waals surface area (Å²) in [5.41, 5.74) is 2.79. The van der Waals surface area contributed by atoms with Gasteiger partial charge in [-0.2, -0.15) is 8.42 Å². The van der Waals surface area contributed by atoms with E-state index in [1.54, 1.807) is 24.3 Å². The number of nitrogens with zero attached hydrogens (tertiary/aromatic N) is 1. The number of fused-ring (bicyclic) bond motifs is 1. The predicted octanol–water partition coefficient (Wildman–Crippen LogP) is 3.23. The minimum Gasteiger partial charge on any atom is -0.322 e. The lowest BCUT2D eigenvalue weighted by molar-refractivity contribution is 0.102. The van der Waals surface area contributed by atoms with Crippen molar-refractivity contribution in [1.29, 1.82) is 0 Å². The van der Waals surface area contributed by atoms with Gasteiger partial charge in [0.05, 0.1) is 16.8 Å². The average molecular weight is 384 g/mol. The first-order chi connectivity index (χ1) is 12.7.